The predicted molar refractivity (Wildman–Crippen MR) is 62.0 cm³/mol. The molecule has 0 bridgehead atoms. The molecule has 0 amide bonds. The molecule has 1 heterocycles. The van der Waals surface area contributed by atoms with Gasteiger partial charge in [-0.15, -0.1) is 11.3 Å². The topological polar surface area (TPSA) is 24.9 Å². The number of fused-ring (bicyclic) bond motifs is 1. The van der Waals surface area contributed by atoms with E-state index >= 15 is 0 Å². The van der Waals surface area contributed by atoms with Gasteiger partial charge in [0.15, 0.2) is 0 Å². The zero-order valence-electron chi connectivity index (χ0n) is 7.88. The number of halogens is 1. The van der Waals surface area contributed by atoms with Crippen LogP contribution in [-0.2, 0) is 6.54 Å². The van der Waals surface area contributed by atoms with Gasteiger partial charge in [0.2, 0.25) is 0 Å². The molecule has 1 aromatic carbocycles. The van der Waals surface area contributed by atoms with Crippen molar-refractivity contribution in [3.8, 4) is 0 Å². The average molecular weight is 227 g/mol. The minimum absolute atomic E-state index is 0.774. The predicted octanol–water partition coefficient (Wildman–Crippen LogP) is 3.06. The minimum Gasteiger partial charge on any atom is -0.311 e. The van der Waals surface area contributed by atoms with Gasteiger partial charge in [0.25, 0.3) is 0 Å². The first-order chi connectivity index (χ1) is 6.79. The van der Waals surface area contributed by atoms with Gasteiger partial charge in [0.05, 0.1) is 10.2 Å². The molecular formula is C10H11ClN2S. The van der Waals surface area contributed by atoms with Gasteiger partial charge in [0.1, 0.15) is 5.01 Å². The molecule has 2 aromatic rings. The highest BCUT2D eigenvalue weighted by Gasteiger charge is 2.02. The summed E-state index contributed by atoms with van der Waals surface area (Å²) >= 11 is 7.59. The maximum atomic E-state index is 5.90. The Labute approximate surface area is 91.9 Å². The summed E-state index contributed by atoms with van der Waals surface area (Å²) in [5, 5.41) is 5.14. The monoisotopic (exact) mass is 226 g/mol. The van der Waals surface area contributed by atoms with Crippen molar-refractivity contribution >= 4 is 33.2 Å². The number of aromatic nitrogens is 1. The molecule has 0 aliphatic carbocycles. The van der Waals surface area contributed by atoms with Crippen molar-refractivity contribution in [2.45, 2.75) is 13.5 Å². The average Bonchev–Trinajstić information content (AvgIpc) is 2.56. The van der Waals surface area contributed by atoms with E-state index in [2.05, 4.69) is 17.2 Å². The van der Waals surface area contributed by atoms with Gasteiger partial charge in [-0.25, -0.2) is 4.98 Å². The molecular weight excluding hydrogens is 216 g/mol. The second kappa shape index (κ2) is 4.26. The highest BCUT2D eigenvalue weighted by atomic mass is 35.5. The largest absolute Gasteiger partial charge is 0.311 e. The highest BCUT2D eigenvalue weighted by Crippen LogP contribution is 2.24. The molecule has 74 valence electrons. The Hall–Kier alpha value is -0.640. The fourth-order valence-electron chi connectivity index (χ4n) is 1.25. The van der Waals surface area contributed by atoms with Crippen LogP contribution in [0.15, 0.2) is 18.2 Å². The number of rotatable bonds is 3. The normalized spacial score (nSPS) is 11.0. The second-order valence-electron chi connectivity index (χ2n) is 3.00. The van der Waals surface area contributed by atoms with Gasteiger partial charge in [-0.1, -0.05) is 18.5 Å². The van der Waals surface area contributed by atoms with Crippen LogP contribution >= 0.6 is 22.9 Å². The number of nitrogens with zero attached hydrogens (tertiary/aromatic N) is 1. The third-order valence-corrected chi connectivity index (χ3v) is 3.17. The molecule has 0 radical (unpaired) electrons. The van der Waals surface area contributed by atoms with Crippen LogP contribution in [-0.4, -0.2) is 11.5 Å². The maximum absolute atomic E-state index is 5.90. The SMILES string of the molecule is CCNCc1nc2ccc(Cl)cc2s1. The molecule has 0 aliphatic rings. The van der Waals surface area contributed by atoms with Crippen molar-refractivity contribution in [1.29, 1.82) is 0 Å². The standard InChI is InChI=1S/C10H11ClN2S/c1-2-12-6-10-13-8-4-3-7(11)5-9(8)14-10/h3-5,12H,2,6H2,1H3. The Balaban J connectivity index is 2.32. The van der Waals surface area contributed by atoms with Crippen LogP contribution in [0.5, 0.6) is 0 Å². The molecule has 14 heavy (non-hydrogen) atoms. The number of thiazole rings is 1. The molecule has 0 saturated carbocycles. The van der Waals surface area contributed by atoms with Gasteiger partial charge in [-0.05, 0) is 24.7 Å². The van der Waals surface area contributed by atoms with Crippen LogP contribution in [0.4, 0.5) is 0 Å². The van der Waals surface area contributed by atoms with Crippen LogP contribution in [0.2, 0.25) is 5.02 Å². The van der Waals surface area contributed by atoms with E-state index in [9.17, 15) is 0 Å². The van der Waals surface area contributed by atoms with Gasteiger partial charge < -0.3 is 5.32 Å². The second-order valence-corrected chi connectivity index (χ2v) is 4.55. The van der Waals surface area contributed by atoms with Gasteiger partial charge in [0, 0.05) is 11.6 Å². The molecule has 0 spiro atoms. The molecule has 1 aromatic heterocycles. The summed E-state index contributed by atoms with van der Waals surface area (Å²) in [4.78, 5) is 4.49. The van der Waals surface area contributed by atoms with Crippen molar-refractivity contribution in [2.24, 2.45) is 0 Å². The minimum atomic E-state index is 0.774. The van der Waals surface area contributed by atoms with E-state index in [0.29, 0.717) is 0 Å². The number of benzene rings is 1. The maximum Gasteiger partial charge on any atom is 0.108 e. The van der Waals surface area contributed by atoms with Crippen molar-refractivity contribution in [1.82, 2.24) is 10.3 Å². The Morgan fingerprint density at radius 2 is 2.36 bits per heavy atom. The third-order valence-electron chi connectivity index (χ3n) is 1.92. The summed E-state index contributed by atoms with van der Waals surface area (Å²) in [7, 11) is 0. The lowest BCUT2D eigenvalue weighted by molar-refractivity contribution is 0.724. The Morgan fingerprint density at radius 1 is 1.50 bits per heavy atom. The molecule has 2 nitrogen and oxygen atoms in total. The zero-order chi connectivity index (χ0) is 9.97. The third kappa shape index (κ3) is 2.05. The van der Waals surface area contributed by atoms with Gasteiger partial charge >= 0.3 is 0 Å². The lowest BCUT2D eigenvalue weighted by Crippen LogP contribution is -2.11. The molecule has 0 atom stereocenters. The first-order valence-electron chi connectivity index (χ1n) is 4.55. The van der Waals surface area contributed by atoms with Gasteiger partial charge in [-0.2, -0.15) is 0 Å². The molecule has 0 aliphatic heterocycles. The molecule has 0 saturated heterocycles. The summed E-state index contributed by atoms with van der Waals surface area (Å²) < 4.78 is 1.16. The van der Waals surface area contributed by atoms with Crippen molar-refractivity contribution < 1.29 is 0 Å². The van der Waals surface area contributed by atoms with Crippen LogP contribution < -0.4 is 5.32 Å². The van der Waals surface area contributed by atoms with Crippen LogP contribution in [0.25, 0.3) is 10.2 Å². The first-order valence-corrected chi connectivity index (χ1v) is 5.74. The number of hydrogen-bond donors (Lipinski definition) is 1. The lowest BCUT2D eigenvalue weighted by atomic mass is 10.3. The Kier molecular flexibility index (Phi) is 3.01. The number of hydrogen-bond acceptors (Lipinski definition) is 3. The molecule has 0 unspecified atom stereocenters. The quantitative estimate of drug-likeness (QED) is 0.870. The van der Waals surface area contributed by atoms with E-state index in [1.165, 1.54) is 0 Å². The highest BCUT2D eigenvalue weighted by molar-refractivity contribution is 7.18. The lowest BCUT2D eigenvalue weighted by Gasteiger charge is -1.93. The molecule has 0 fully saturated rings. The van der Waals surface area contributed by atoms with Crippen molar-refractivity contribution in [3.05, 3.63) is 28.2 Å². The molecule has 1 N–H and O–H groups in total. The van der Waals surface area contributed by atoms with Crippen molar-refractivity contribution in [3.63, 3.8) is 0 Å². The number of nitrogens with one attached hydrogen (secondary N) is 1. The summed E-state index contributed by atoms with van der Waals surface area (Å²) in [6, 6.07) is 5.80. The summed E-state index contributed by atoms with van der Waals surface area (Å²) in [5.74, 6) is 0. The van der Waals surface area contributed by atoms with E-state index in [0.717, 1.165) is 33.3 Å². The summed E-state index contributed by atoms with van der Waals surface area (Å²) in [6.45, 7) is 3.90. The zero-order valence-corrected chi connectivity index (χ0v) is 9.45. The fraction of sp³-hybridized carbons (Fsp3) is 0.300. The molecule has 2 rings (SSSR count). The Morgan fingerprint density at radius 3 is 3.14 bits per heavy atom. The smallest absolute Gasteiger partial charge is 0.108 e. The van der Waals surface area contributed by atoms with E-state index in [1.807, 2.05) is 18.2 Å². The van der Waals surface area contributed by atoms with Crippen LogP contribution in [0, 0.1) is 0 Å². The van der Waals surface area contributed by atoms with E-state index in [4.69, 9.17) is 11.6 Å². The van der Waals surface area contributed by atoms with E-state index in [-0.39, 0.29) is 0 Å². The van der Waals surface area contributed by atoms with Crippen LogP contribution in [0.3, 0.4) is 0 Å². The van der Waals surface area contributed by atoms with Crippen LogP contribution in [0.1, 0.15) is 11.9 Å². The Bertz CT molecular complexity index is 439. The summed E-state index contributed by atoms with van der Waals surface area (Å²) in [5.41, 5.74) is 1.03. The fourth-order valence-corrected chi connectivity index (χ4v) is 2.47. The van der Waals surface area contributed by atoms with E-state index in [1.54, 1.807) is 11.3 Å². The summed E-state index contributed by atoms with van der Waals surface area (Å²) in [6.07, 6.45) is 0. The van der Waals surface area contributed by atoms with Gasteiger partial charge in [-0.3, -0.25) is 0 Å². The van der Waals surface area contributed by atoms with E-state index < -0.39 is 0 Å². The van der Waals surface area contributed by atoms with Crippen molar-refractivity contribution in [2.75, 3.05) is 6.54 Å². The molecule has 4 heteroatoms. The first kappa shape index (κ1) is 9.90.